The smallest absolute Gasteiger partial charge is 0.0923 e. The SMILES string of the molecule is CC(C)(C)n1ccc(-c2ccccc2)n1. The fourth-order valence-electron chi connectivity index (χ4n) is 1.46. The van der Waals surface area contributed by atoms with E-state index in [0.717, 1.165) is 5.69 Å². The molecule has 2 rings (SSSR count). The number of aromatic nitrogens is 2. The highest BCUT2D eigenvalue weighted by Gasteiger charge is 2.14. The normalized spacial score (nSPS) is 11.7. The average molecular weight is 200 g/mol. The third-order valence-electron chi connectivity index (χ3n) is 2.35. The molecule has 0 N–H and O–H groups in total. The standard InChI is InChI=1S/C13H16N2/c1-13(2,3)15-10-9-12(14-15)11-7-5-4-6-8-11/h4-10H,1-3H3. The van der Waals surface area contributed by atoms with Crippen LogP contribution in [0.1, 0.15) is 20.8 Å². The lowest BCUT2D eigenvalue weighted by atomic mass is 10.1. The van der Waals surface area contributed by atoms with Gasteiger partial charge >= 0.3 is 0 Å². The molecule has 0 saturated heterocycles. The van der Waals surface area contributed by atoms with Crippen molar-refractivity contribution in [2.24, 2.45) is 0 Å². The first-order valence-corrected chi connectivity index (χ1v) is 5.19. The van der Waals surface area contributed by atoms with Gasteiger partial charge in [0.25, 0.3) is 0 Å². The van der Waals surface area contributed by atoms with Crippen LogP contribution >= 0.6 is 0 Å². The summed E-state index contributed by atoms with van der Waals surface area (Å²) in [7, 11) is 0. The Morgan fingerprint density at radius 3 is 2.20 bits per heavy atom. The molecule has 0 fully saturated rings. The molecule has 1 aromatic heterocycles. The Morgan fingerprint density at radius 2 is 1.67 bits per heavy atom. The van der Waals surface area contributed by atoms with Crippen molar-refractivity contribution in [3.05, 3.63) is 42.6 Å². The predicted octanol–water partition coefficient (Wildman–Crippen LogP) is 3.31. The molecule has 1 aromatic carbocycles. The highest BCUT2D eigenvalue weighted by molar-refractivity contribution is 5.58. The van der Waals surface area contributed by atoms with Crippen molar-refractivity contribution in [3.63, 3.8) is 0 Å². The summed E-state index contributed by atoms with van der Waals surface area (Å²) in [6, 6.07) is 12.3. The Labute approximate surface area is 90.6 Å². The lowest BCUT2D eigenvalue weighted by Crippen LogP contribution is -2.22. The zero-order chi connectivity index (χ0) is 10.9. The van der Waals surface area contributed by atoms with E-state index in [0.29, 0.717) is 0 Å². The summed E-state index contributed by atoms with van der Waals surface area (Å²) < 4.78 is 2.00. The van der Waals surface area contributed by atoms with Gasteiger partial charge in [0, 0.05) is 11.8 Å². The van der Waals surface area contributed by atoms with Crippen LogP contribution in [0.4, 0.5) is 0 Å². The largest absolute Gasteiger partial charge is 0.267 e. The predicted molar refractivity (Wildman–Crippen MR) is 62.7 cm³/mol. The summed E-state index contributed by atoms with van der Waals surface area (Å²) >= 11 is 0. The van der Waals surface area contributed by atoms with E-state index in [2.05, 4.69) is 44.1 Å². The third kappa shape index (κ3) is 2.09. The van der Waals surface area contributed by atoms with Gasteiger partial charge in [-0.15, -0.1) is 0 Å². The summed E-state index contributed by atoms with van der Waals surface area (Å²) in [4.78, 5) is 0. The van der Waals surface area contributed by atoms with Gasteiger partial charge in [-0.2, -0.15) is 5.10 Å². The minimum Gasteiger partial charge on any atom is -0.267 e. The van der Waals surface area contributed by atoms with Crippen LogP contribution in [0.3, 0.4) is 0 Å². The van der Waals surface area contributed by atoms with Gasteiger partial charge in [0.2, 0.25) is 0 Å². The summed E-state index contributed by atoms with van der Waals surface area (Å²) in [5.41, 5.74) is 2.25. The molecule has 0 aliphatic carbocycles. The van der Waals surface area contributed by atoms with Crippen molar-refractivity contribution in [1.29, 1.82) is 0 Å². The fraction of sp³-hybridized carbons (Fsp3) is 0.308. The van der Waals surface area contributed by atoms with E-state index in [4.69, 9.17) is 0 Å². The zero-order valence-corrected chi connectivity index (χ0v) is 9.44. The molecule has 0 unspecified atom stereocenters. The maximum atomic E-state index is 4.57. The maximum absolute atomic E-state index is 4.57. The van der Waals surface area contributed by atoms with Gasteiger partial charge in [-0.1, -0.05) is 30.3 Å². The van der Waals surface area contributed by atoms with Crippen molar-refractivity contribution in [2.75, 3.05) is 0 Å². The zero-order valence-electron chi connectivity index (χ0n) is 9.44. The van der Waals surface area contributed by atoms with Crippen LogP contribution in [-0.4, -0.2) is 9.78 Å². The molecule has 0 atom stereocenters. The average Bonchev–Trinajstić information content (AvgIpc) is 2.67. The Morgan fingerprint density at radius 1 is 1.00 bits per heavy atom. The van der Waals surface area contributed by atoms with Crippen molar-refractivity contribution in [1.82, 2.24) is 9.78 Å². The second-order valence-corrected chi connectivity index (χ2v) is 4.68. The van der Waals surface area contributed by atoms with Crippen LogP contribution in [0.2, 0.25) is 0 Å². The Balaban J connectivity index is 2.37. The van der Waals surface area contributed by atoms with Crippen LogP contribution in [-0.2, 0) is 5.54 Å². The van der Waals surface area contributed by atoms with Gasteiger partial charge in [-0.3, -0.25) is 4.68 Å². The van der Waals surface area contributed by atoms with Crippen molar-refractivity contribution in [2.45, 2.75) is 26.3 Å². The first kappa shape index (κ1) is 9.97. The van der Waals surface area contributed by atoms with Gasteiger partial charge in [0.05, 0.1) is 11.2 Å². The molecule has 1 heterocycles. The fourth-order valence-corrected chi connectivity index (χ4v) is 1.46. The second-order valence-electron chi connectivity index (χ2n) is 4.68. The van der Waals surface area contributed by atoms with E-state index in [9.17, 15) is 0 Å². The summed E-state index contributed by atoms with van der Waals surface area (Å²) in [5, 5.41) is 4.57. The van der Waals surface area contributed by atoms with Gasteiger partial charge in [-0.05, 0) is 26.8 Å². The molecule has 2 heteroatoms. The lowest BCUT2D eigenvalue weighted by Gasteiger charge is -2.18. The highest BCUT2D eigenvalue weighted by Crippen LogP contribution is 2.19. The molecule has 15 heavy (non-hydrogen) atoms. The molecule has 0 amide bonds. The first-order valence-electron chi connectivity index (χ1n) is 5.19. The minimum atomic E-state index is 0.0486. The van der Waals surface area contributed by atoms with Gasteiger partial charge in [0.15, 0.2) is 0 Å². The van der Waals surface area contributed by atoms with E-state index >= 15 is 0 Å². The van der Waals surface area contributed by atoms with Crippen molar-refractivity contribution in [3.8, 4) is 11.3 Å². The van der Waals surface area contributed by atoms with Crippen molar-refractivity contribution >= 4 is 0 Å². The maximum Gasteiger partial charge on any atom is 0.0923 e. The number of rotatable bonds is 1. The van der Waals surface area contributed by atoms with Crippen LogP contribution < -0.4 is 0 Å². The van der Waals surface area contributed by atoms with Crippen LogP contribution in [0.25, 0.3) is 11.3 Å². The molecule has 2 aromatic rings. The minimum absolute atomic E-state index is 0.0486. The summed E-state index contributed by atoms with van der Waals surface area (Å²) in [5.74, 6) is 0. The van der Waals surface area contributed by atoms with Gasteiger partial charge < -0.3 is 0 Å². The first-order chi connectivity index (χ1) is 7.07. The number of hydrogen-bond acceptors (Lipinski definition) is 1. The molecule has 0 aliphatic heterocycles. The Hall–Kier alpha value is -1.57. The van der Waals surface area contributed by atoms with Gasteiger partial charge in [-0.25, -0.2) is 0 Å². The summed E-state index contributed by atoms with van der Waals surface area (Å²) in [6.45, 7) is 6.44. The number of benzene rings is 1. The van der Waals surface area contributed by atoms with Crippen molar-refractivity contribution < 1.29 is 0 Å². The van der Waals surface area contributed by atoms with Crippen LogP contribution in [0, 0.1) is 0 Å². The monoisotopic (exact) mass is 200 g/mol. The van der Waals surface area contributed by atoms with Crippen LogP contribution in [0.5, 0.6) is 0 Å². The van der Waals surface area contributed by atoms with Crippen LogP contribution in [0.15, 0.2) is 42.6 Å². The van der Waals surface area contributed by atoms with E-state index in [1.807, 2.05) is 29.1 Å². The topological polar surface area (TPSA) is 17.8 Å². The molecule has 0 radical (unpaired) electrons. The summed E-state index contributed by atoms with van der Waals surface area (Å²) in [6.07, 6.45) is 2.03. The molecule has 78 valence electrons. The van der Waals surface area contributed by atoms with E-state index in [1.54, 1.807) is 0 Å². The van der Waals surface area contributed by atoms with E-state index < -0.39 is 0 Å². The number of hydrogen-bond donors (Lipinski definition) is 0. The molecule has 0 bridgehead atoms. The number of nitrogens with zero attached hydrogens (tertiary/aromatic N) is 2. The quantitative estimate of drug-likeness (QED) is 0.690. The Bertz CT molecular complexity index is 435. The molecular weight excluding hydrogens is 184 g/mol. The Kier molecular flexibility index (Phi) is 2.35. The molecular formula is C13H16N2. The molecule has 0 spiro atoms. The lowest BCUT2D eigenvalue weighted by molar-refractivity contribution is 0.356. The van der Waals surface area contributed by atoms with E-state index in [1.165, 1.54) is 5.56 Å². The molecule has 0 aliphatic rings. The highest BCUT2D eigenvalue weighted by atomic mass is 15.3. The second kappa shape index (κ2) is 3.54. The molecule has 2 nitrogen and oxygen atoms in total. The van der Waals surface area contributed by atoms with E-state index in [-0.39, 0.29) is 5.54 Å². The third-order valence-corrected chi connectivity index (χ3v) is 2.35. The molecule has 0 saturated carbocycles. The van der Waals surface area contributed by atoms with Gasteiger partial charge in [0.1, 0.15) is 0 Å².